The first kappa shape index (κ1) is 18.1. The molecule has 134 valence electrons. The monoisotopic (exact) mass is 367 g/mol. The van der Waals surface area contributed by atoms with Crippen LogP contribution in [0.4, 0.5) is 5.69 Å². The normalized spacial score (nSPS) is 10.7. The molecule has 1 heterocycles. The zero-order valence-electron chi connectivity index (χ0n) is 15.0. The molecule has 0 aliphatic heterocycles. The molecule has 0 saturated heterocycles. The Bertz CT molecular complexity index is 990. The largest absolute Gasteiger partial charge is 0.316 e. The van der Waals surface area contributed by atoms with E-state index in [1.165, 1.54) is 0 Å². The Morgan fingerprint density at radius 3 is 2.42 bits per heavy atom. The van der Waals surface area contributed by atoms with E-state index in [2.05, 4.69) is 5.32 Å². The summed E-state index contributed by atoms with van der Waals surface area (Å²) in [4.78, 5) is 26.6. The highest BCUT2D eigenvalue weighted by atomic mass is 32.2. The van der Waals surface area contributed by atoms with E-state index in [1.54, 1.807) is 34.2 Å². The van der Waals surface area contributed by atoms with E-state index in [-0.39, 0.29) is 11.5 Å². The molecule has 0 aliphatic carbocycles. The second-order valence-corrected chi connectivity index (χ2v) is 7.13. The minimum absolute atomic E-state index is 0.245. The smallest absolute Gasteiger partial charge is 0.295 e. The van der Waals surface area contributed by atoms with Crippen molar-refractivity contribution in [2.45, 2.75) is 18.7 Å². The van der Waals surface area contributed by atoms with Gasteiger partial charge < -0.3 is 5.32 Å². The summed E-state index contributed by atoms with van der Waals surface area (Å²) in [6.45, 7) is 3.86. The summed E-state index contributed by atoms with van der Waals surface area (Å²) >= 11 is 1.61. The predicted molar refractivity (Wildman–Crippen MR) is 107 cm³/mol. The van der Waals surface area contributed by atoms with Gasteiger partial charge in [-0.05, 0) is 36.9 Å². The van der Waals surface area contributed by atoms with Gasteiger partial charge in [-0.15, -0.1) is 11.8 Å². The summed E-state index contributed by atoms with van der Waals surface area (Å²) in [6.07, 6.45) is 0. The number of nitrogens with zero attached hydrogens (tertiary/aromatic N) is 2. The minimum atomic E-state index is -0.271. The van der Waals surface area contributed by atoms with E-state index in [1.807, 2.05) is 62.4 Å². The molecule has 2 aromatic carbocycles. The Kier molecular flexibility index (Phi) is 5.32. The Balaban J connectivity index is 1.99. The number of amides is 1. The van der Waals surface area contributed by atoms with Crippen LogP contribution in [0.15, 0.2) is 64.3 Å². The van der Waals surface area contributed by atoms with Crippen molar-refractivity contribution >= 4 is 23.4 Å². The highest BCUT2D eigenvalue weighted by Gasteiger charge is 2.20. The van der Waals surface area contributed by atoms with Crippen molar-refractivity contribution in [3.8, 4) is 5.69 Å². The molecule has 3 aromatic rings. The molecule has 0 radical (unpaired) electrons. The number of hydrogen-bond donors (Lipinski definition) is 1. The standard InChI is InChI=1S/C20H21N3O2S/c1-4-26-17-13-9-8-12-16(17)19(24)21-18-14(2)22(3)23(20(18)25)15-10-6-5-7-11-15/h5-13H,4H2,1-3H3,(H,21,24). The molecular weight excluding hydrogens is 346 g/mol. The van der Waals surface area contributed by atoms with E-state index < -0.39 is 0 Å². The van der Waals surface area contributed by atoms with Gasteiger partial charge in [-0.2, -0.15) is 0 Å². The van der Waals surface area contributed by atoms with Crippen LogP contribution in [0.25, 0.3) is 5.69 Å². The summed E-state index contributed by atoms with van der Waals surface area (Å²) in [6, 6.07) is 16.8. The number of aromatic nitrogens is 2. The van der Waals surface area contributed by atoms with Crippen molar-refractivity contribution in [2.24, 2.45) is 7.05 Å². The average Bonchev–Trinajstić information content (AvgIpc) is 2.86. The lowest BCUT2D eigenvalue weighted by atomic mass is 10.2. The average molecular weight is 367 g/mol. The van der Waals surface area contributed by atoms with Gasteiger partial charge in [-0.1, -0.05) is 37.3 Å². The first-order valence-electron chi connectivity index (χ1n) is 8.41. The maximum absolute atomic E-state index is 12.9. The molecule has 0 saturated carbocycles. The number of carbonyl (C=O) groups excluding carboxylic acids is 1. The summed E-state index contributed by atoms with van der Waals surface area (Å²) in [5.41, 5.74) is 2.09. The Hall–Kier alpha value is -2.73. The molecule has 3 rings (SSSR count). The fraction of sp³-hybridized carbons (Fsp3) is 0.200. The number of nitrogens with one attached hydrogen (secondary N) is 1. The lowest BCUT2D eigenvalue weighted by Gasteiger charge is -2.08. The first-order valence-corrected chi connectivity index (χ1v) is 9.40. The van der Waals surface area contributed by atoms with E-state index in [9.17, 15) is 9.59 Å². The Morgan fingerprint density at radius 1 is 1.08 bits per heavy atom. The maximum Gasteiger partial charge on any atom is 0.295 e. The number of anilines is 1. The van der Waals surface area contributed by atoms with Crippen LogP contribution in [0.1, 0.15) is 23.0 Å². The van der Waals surface area contributed by atoms with Gasteiger partial charge in [0.15, 0.2) is 0 Å². The summed E-state index contributed by atoms with van der Waals surface area (Å²) < 4.78 is 3.30. The van der Waals surface area contributed by atoms with Crippen LogP contribution < -0.4 is 10.9 Å². The fourth-order valence-electron chi connectivity index (χ4n) is 2.83. The van der Waals surface area contributed by atoms with Gasteiger partial charge in [0, 0.05) is 11.9 Å². The number of thioether (sulfide) groups is 1. The van der Waals surface area contributed by atoms with Gasteiger partial charge in [0.25, 0.3) is 11.5 Å². The number of carbonyl (C=O) groups is 1. The molecule has 0 unspecified atom stereocenters. The van der Waals surface area contributed by atoms with Crippen molar-refractivity contribution in [3.63, 3.8) is 0 Å². The van der Waals surface area contributed by atoms with Crippen molar-refractivity contribution in [3.05, 3.63) is 76.2 Å². The molecule has 26 heavy (non-hydrogen) atoms. The fourth-order valence-corrected chi connectivity index (χ4v) is 3.63. The quantitative estimate of drug-likeness (QED) is 0.697. The number of rotatable bonds is 5. The van der Waals surface area contributed by atoms with Gasteiger partial charge in [0.05, 0.1) is 16.9 Å². The molecule has 1 aromatic heterocycles. The molecule has 1 amide bonds. The van der Waals surface area contributed by atoms with Crippen LogP contribution in [0, 0.1) is 6.92 Å². The molecule has 0 bridgehead atoms. The second-order valence-electron chi connectivity index (χ2n) is 5.82. The van der Waals surface area contributed by atoms with Crippen LogP contribution in [-0.2, 0) is 7.05 Å². The van der Waals surface area contributed by atoms with Crippen LogP contribution in [0.3, 0.4) is 0 Å². The second kappa shape index (κ2) is 7.66. The van der Waals surface area contributed by atoms with Gasteiger partial charge in [0.2, 0.25) is 0 Å². The molecule has 6 heteroatoms. The SMILES string of the molecule is CCSc1ccccc1C(=O)Nc1c(C)n(C)n(-c2ccccc2)c1=O. The zero-order chi connectivity index (χ0) is 18.7. The van der Waals surface area contributed by atoms with E-state index >= 15 is 0 Å². The van der Waals surface area contributed by atoms with Crippen molar-refractivity contribution < 1.29 is 4.79 Å². The highest BCUT2D eigenvalue weighted by molar-refractivity contribution is 7.99. The van der Waals surface area contributed by atoms with Gasteiger partial charge in [-0.3, -0.25) is 14.3 Å². The maximum atomic E-state index is 12.9. The van der Waals surface area contributed by atoms with Crippen molar-refractivity contribution in [1.82, 2.24) is 9.36 Å². The van der Waals surface area contributed by atoms with Crippen molar-refractivity contribution in [1.29, 1.82) is 0 Å². The zero-order valence-corrected chi connectivity index (χ0v) is 15.8. The van der Waals surface area contributed by atoms with Crippen molar-refractivity contribution in [2.75, 3.05) is 11.1 Å². The third-order valence-electron chi connectivity index (χ3n) is 4.22. The van der Waals surface area contributed by atoms with E-state index in [0.717, 1.165) is 16.3 Å². The Morgan fingerprint density at radius 2 is 1.73 bits per heavy atom. The first-order chi connectivity index (χ1) is 12.5. The van der Waals surface area contributed by atoms with Crippen LogP contribution in [0.2, 0.25) is 0 Å². The molecular formula is C20H21N3O2S. The third kappa shape index (κ3) is 3.32. The molecule has 0 fully saturated rings. The van der Waals surface area contributed by atoms with Crippen LogP contribution in [0.5, 0.6) is 0 Å². The summed E-state index contributed by atoms with van der Waals surface area (Å²) in [5, 5.41) is 2.82. The summed E-state index contributed by atoms with van der Waals surface area (Å²) in [7, 11) is 1.81. The lowest BCUT2D eigenvalue weighted by molar-refractivity contribution is 0.102. The third-order valence-corrected chi connectivity index (χ3v) is 5.18. The van der Waals surface area contributed by atoms with Gasteiger partial charge in [0.1, 0.15) is 5.69 Å². The topological polar surface area (TPSA) is 56.0 Å². The van der Waals surface area contributed by atoms with Crippen LogP contribution >= 0.6 is 11.8 Å². The molecule has 5 nitrogen and oxygen atoms in total. The Labute approximate surface area is 156 Å². The molecule has 0 spiro atoms. The predicted octanol–water partition coefficient (Wildman–Crippen LogP) is 3.85. The number of hydrogen-bond acceptors (Lipinski definition) is 3. The molecule has 0 aliphatic rings. The molecule has 1 N–H and O–H groups in total. The van der Waals surface area contributed by atoms with E-state index in [0.29, 0.717) is 16.9 Å². The minimum Gasteiger partial charge on any atom is -0.316 e. The molecule has 0 atom stereocenters. The highest BCUT2D eigenvalue weighted by Crippen LogP contribution is 2.23. The van der Waals surface area contributed by atoms with Gasteiger partial charge >= 0.3 is 0 Å². The number of para-hydroxylation sites is 1. The summed E-state index contributed by atoms with van der Waals surface area (Å²) in [5.74, 6) is 0.600. The van der Waals surface area contributed by atoms with Crippen LogP contribution in [-0.4, -0.2) is 21.0 Å². The number of benzene rings is 2. The van der Waals surface area contributed by atoms with E-state index in [4.69, 9.17) is 0 Å². The lowest BCUT2D eigenvalue weighted by Crippen LogP contribution is -2.23. The van der Waals surface area contributed by atoms with Gasteiger partial charge in [-0.25, -0.2) is 4.68 Å².